The molecule has 2 rings (SSSR count). The molecule has 2 amide bonds. The number of hydrogen-bond acceptors (Lipinski definition) is 3. The highest BCUT2D eigenvalue weighted by atomic mass is 19.3. The van der Waals surface area contributed by atoms with E-state index in [4.69, 9.17) is 5.73 Å². The average molecular weight is 411 g/mol. The van der Waals surface area contributed by atoms with Crippen molar-refractivity contribution in [3.05, 3.63) is 35.1 Å². The van der Waals surface area contributed by atoms with E-state index in [0.717, 1.165) is 0 Å². The Labute approximate surface area is 156 Å². The van der Waals surface area contributed by atoms with Crippen LogP contribution < -0.4 is 11.1 Å². The van der Waals surface area contributed by atoms with Gasteiger partial charge >= 0.3 is 5.92 Å². The van der Waals surface area contributed by atoms with Crippen molar-refractivity contribution in [3.63, 3.8) is 0 Å². The first-order valence-corrected chi connectivity index (χ1v) is 8.46. The van der Waals surface area contributed by atoms with Crippen molar-refractivity contribution in [1.29, 1.82) is 0 Å². The maximum Gasteiger partial charge on any atom is 0.304 e. The van der Waals surface area contributed by atoms with E-state index in [1.165, 1.54) is 0 Å². The Morgan fingerprint density at radius 3 is 2.54 bits per heavy atom. The molecule has 0 radical (unpaired) electrons. The molecule has 1 heterocycles. The van der Waals surface area contributed by atoms with Gasteiger partial charge < -0.3 is 16.0 Å². The standard InChI is InChI=1S/C17H19F6N3O2/c18-8-17(22,23)15-16(28)25-2-1-3-26(15)14(27)6-10(24)4-9-5-12(20)13(21)7-11(9)19/h5,7,10,15H,1-4,6,8,24H2,(H,25,28)/t10-,15-/m1/s1. The molecule has 2 atom stereocenters. The van der Waals surface area contributed by atoms with E-state index in [9.17, 15) is 35.9 Å². The molecule has 1 aromatic carbocycles. The van der Waals surface area contributed by atoms with E-state index in [-0.39, 0.29) is 31.5 Å². The first kappa shape index (κ1) is 22.0. The normalized spacial score (nSPS) is 19.2. The smallest absolute Gasteiger partial charge is 0.304 e. The molecule has 0 saturated carbocycles. The van der Waals surface area contributed by atoms with E-state index in [0.29, 0.717) is 17.0 Å². The highest BCUT2D eigenvalue weighted by Crippen LogP contribution is 2.27. The van der Waals surface area contributed by atoms with Crippen LogP contribution in [-0.4, -0.2) is 54.5 Å². The Bertz CT molecular complexity index is 746. The van der Waals surface area contributed by atoms with Crippen LogP contribution >= 0.6 is 0 Å². The quantitative estimate of drug-likeness (QED) is 0.553. The monoisotopic (exact) mass is 411 g/mol. The molecule has 1 aliphatic rings. The van der Waals surface area contributed by atoms with Gasteiger partial charge in [0.1, 0.15) is 5.82 Å². The summed E-state index contributed by atoms with van der Waals surface area (Å²) in [5.74, 6) is -10.0. The van der Waals surface area contributed by atoms with Crippen LogP contribution in [0.5, 0.6) is 0 Å². The van der Waals surface area contributed by atoms with Crippen molar-refractivity contribution in [1.82, 2.24) is 10.2 Å². The number of benzene rings is 1. The Balaban J connectivity index is 2.14. The largest absolute Gasteiger partial charge is 0.354 e. The molecule has 1 aliphatic heterocycles. The molecule has 3 N–H and O–H groups in total. The van der Waals surface area contributed by atoms with Crippen LogP contribution in [0.1, 0.15) is 18.4 Å². The summed E-state index contributed by atoms with van der Waals surface area (Å²) in [5, 5.41) is 2.19. The Hall–Kier alpha value is -2.30. The van der Waals surface area contributed by atoms with Gasteiger partial charge in [-0.1, -0.05) is 0 Å². The third-order valence-corrected chi connectivity index (χ3v) is 4.34. The van der Waals surface area contributed by atoms with E-state index in [1.807, 2.05) is 0 Å². The molecule has 11 heteroatoms. The summed E-state index contributed by atoms with van der Waals surface area (Å²) >= 11 is 0. The second-order valence-electron chi connectivity index (χ2n) is 6.55. The molecule has 1 aromatic rings. The SMILES string of the molecule is N[C@@H](CC(=O)N1CCCNC(=O)[C@@H]1C(F)(F)CF)Cc1cc(F)c(F)cc1F. The van der Waals surface area contributed by atoms with Crippen molar-refractivity contribution in [2.24, 2.45) is 5.73 Å². The molecule has 5 nitrogen and oxygen atoms in total. The summed E-state index contributed by atoms with van der Waals surface area (Å²) in [5.41, 5.74) is 5.45. The lowest BCUT2D eigenvalue weighted by molar-refractivity contribution is -0.158. The van der Waals surface area contributed by atoms with Gasteiger partial charge in [0, 0.05) is 31.6 Å². The van der Waals surface area contributed by atoms with Crippen LogP contribution in [-0.2, 0) is 16.0 Å². The average Bonchev–Trinajstić information content (AvgIpc) is 2.81. The van der Waals surface area contributed by atoms with Gasteiger partial charge in [0.15, 0.2) is 24.4 Å². The van der Waals surface area contributed by atoms with Gasteiger partial charge in [0.25, 0.3) is 0 Å². The van der Waals surface area contributed by atoms with Crippen LogP contribution in [0, 0.1) is 17.5 Å². The maximum atomic E-state index is 13.9. The summed E-state index contributed by atoms with van der Waals surface area (Å²) in [4.78, 5) is 24.9. The number of nitrogens with one attached hydrogen (secondary N) is 1. The van der Waals surface area contributed by atoms with Gasteiger partial charge in [-0.2, -0.15) is 0 Å². The minimum absolute atomic E-state index is 0.0353. The molecule has 0 bridgehead atoms. The molecule has 156 valence electrons. The maximum absolute atomic E-state index is 13.9. The zero-order valence-corrected chi connectivity index (χ0v) is 14.7. The fraction of sp³-hybridized carbons (Fsp3) is 0.529. The highest BCUT2D eigenvalue weighted by Gasteiger charge is 2.50. The summed E-state index contributed by atoms with van der Waals surface area (Å²) in [6.45, 7) is -2.33. The number of nitrogens with zero attached hydrogens (tertiary/aromatic N) is 1. The van der Waals surface area contributed by atoms with E-state index in [2.05, 4.69) is 5.32 Å². The zero-order chi connectivity index (χ0) is 21.1. The molecule has 1 fully saturated rings. The van der Waals surface area contributed by atoms with Crippen molar-refractivity contribution in [2.45, 2.75) is 37.3 Å². The van der Waals surface area contributed by atoms with Crippen molar-refractivity contribution in [3.8, 4) is 0 Å². The summed E-state index contributed by atoms with van der Waals surface area (Å²) in [6, 6.07) is -2.54. The van der Waals surface area contributed by atoms with Gasteiger partial charge in [-0.3, -0.25) is 9.59 Å². The van der Waals surface area contributed by atoms with Gasteiger partial charge in [0.05, 0.1) is 0 Å². The van der Waals surface area contributed by atoms with Crippen LogP contribution in [0.2, 0.25) is 0 Å². The highest BCUT2D eigenvalue weighted by molar-refractivity contribution is 5.89. The van der Waals surface area contributed by atoms with E-state index < -0.39 is 60.4 Å². The van der Waals surface area contributed by atoms with Crippen molar-refractivity contribution >= 4 is 11.8 Å². The third kappa shape index (κ3) is 4.94. The van der Waals surface area contributed by atoms with Crippen molar-refractivity contribution < 1.29 is 35.9 Å². The Morgan fingerprint density at radius 2 is 1.89 bits per heavy atom. The molecular formula is C17H19F6N3O2. The Kier molecular flexibility index (Phi) is 6.91. The zero-order valence-electron chi connectivity index (χ0n) is 14.7. The number of carbonyl (C=O) groups excluding carboxylic acids is 2. The topological polar surface area (TPSA) is 75.4 Å². The fourth-order valence-corrected chi connectivity index (χ4v) is 3.01. The number of alkyl halides is 3. The van der Waals surface area contributed by atoms with Crippen LogP contribution in [0.15, 0.2) is 12.1 Å². The first-order valence-electron chi connectivity index (χ1n) is 8.46. The van der Waals surface area contributed by atoms with E-state index >= 15 is 0 Å². The lowest BCUT2D eigenvalue weighted by atomic mass is 10.0. The number of nitrogens with two attached hydrogens (primary N) is 1. The second-order valence-corrected chi connectivity index (χ2v) is 6.55. The number of halogens is 6. The van der Waals surface area contributed by atoms with Gasteiger partial charge in [-0.05, 0) is 24.5 Å². The molecule has 0 aromatic heterocycles. The number of amides is 2. The molecule has 1 saturated heterocycles. The lowest BCUT2D eigenvalue weighted by Crippen LogP contribution is -2.58. The molecule has 0 aliphatic carbocycles. The predicted octanol–water partition coefficient (Wildman–Crippen LogP) is 1.69. The van der Waals surface area contributed by atoms with Crippen molar-refractivity contribution in [2.75, 3.05) is 19.8 Å². The fourth-order valence-electron chi connectivity index (χ4n) is 3.01. The molecular weight excluding hydrogens is 392 g/mol. The first-order chi connectivity index (χ1) is 13.1. The minimum atomic E-state index is -4.10. The summed E-state index contributed by atoms with van der Waals surface area (Å²) in [6.07, 6.45) is -0.785. The third-order valence-electron chi connectivity index (χ3n) is 4.34. The van der Waals surface area contributed by atoms with Crippen LogP contribution in [0.25, 0.3) is 0 Å². The number of hydrogen-bond donors (Lipinski definition) is 2. The molecule has 0 spiro atoms. The summed E-state index contributed by atoms with van der Waals surface area (Å²) < 4.78 is 80.5. The molecule has 0 unspecified atom stereocenters. The molecule has 28 heavy (non-hydrogen) atoms. The van der Waals surface area contributed by atoms with Gasteiger partial charge in [0.2, 0.25) is 11.8 Å². The van der Waals surface area contributed by atoms with Crippen LogP contribution in [0.4, 0.5) is 26.3 Å². The van der Waals surface area contributed by atoms with Gasteiger partial charge in [-0.25, -0.2) is 26.3 Å². The van der Waals surface area contributed by atoms with Crippen LogP contribution in [0.3, 0.4) is 0 Å². The Morgan fingerprint density at radius 1 is 1.25 bits per heavy atom. The number of carbonyl (C=O) groups is 2. The predicted molar refractivity (Wildman–Crippen MR) is 86.7 cm³/mol. The summed E-state index contributed by atoms with van der Waals surface area (Å²) in [7, 11) is 0. The minimum Gasteiger partial charge on any atom is -0.354 e. The van der Waals surface area contributed by atoms with Gasteiger partial charge in [-0.15, -0.1) is 0 Å². The number of rotatable bonds is 6. The van der Waals surface area contributed by atoms with E-state index in [1.54, 1.807) is 0 Å². The second kappa shape index (κ2) is 8.80. The lowest BCUT2D eigenvalue weighted by Gasteiger charge is -2.33.